The van der Waals surface area contributed by atoms with E-state index in [-0.39, 0.29) is 6.23 Å². The molecule has 0 aromatic carbocycles. The van der Waals surface area contributed by atoms with Crippen LogP contribution in [0.2, 0.25) is 0 Å². The smallest absolute Gasteiger partial charge is 0.212 e. The molecular formula is C21H18FN5O. The topological polar surface area (TPSA) is 65.7 Å². The number of ether oxygens (including phenoxy) is 1. The number of hydrogen-bond donors (Lipinski definition) is 0. The molecule has 7 heteroatoms. The molecule has 6 nitrogen and oxygen atoms in total. The Hall–Kier alpha value is -3.19. The zero-order chi connectivity index (χ0) is 18.9. The van der Waals surface area contributed by atoms with Crippen molar-refractivity contribution in [1.29, 1.82) is 0 Å². The minimum atomic E-state index is -0.513. The van der Waals surface area contributed by atoms with E-state index in [1.165, 1.54) is 12.3 Å². The second-order valence-electron chi connectivity index (χ2n) is 6.81. The number of hydrogen-bond acceptors (Lipinski definition) is 5. The maximum absolute atomic E-state index is 13.3. The summed E-state index contributed by atoms with van der Waals surface area (Å²) in [6.07, 6.45) is 9.79. The summed E-state index contributed by atoms with van der Waals surface area (Å²) in [5, 5.41) is 5.75. The molecule has 1 fully saturated rings. The average Bonchev–Trinajstić information content (AvgIpc) is 3.14. The van der Waals surface area contributed by atoms with Crippen molar-refractivity contribution in [2.24, 2.45) is 0 Å². The molecule has 28 heavy (non-hydrogen) atoms. The van der Waals surface area contributed by atoms with Gasteiger partial charge in [0.2, 0.25) is 5.95 Å². The lowest BCUT2D eigenvalue weighted by Gasteiger charge is -2.23. The number of pyridine rings is 3. The van der Waals surface area contributed by atoms with Crippen molar-refractivity contribution in [3.05, 3.63) is 61.1 Å². The number of halogens is 1. The van der Waals surface area contributed by atoms with Crippen LogP contribution in [0.5, 0.6) is 0 Å². The molecule has 1 atom stereocenters. The Morgan fingerprint density at radius 3 is 2.75 bits per heavy atom. The molecule has 0 spiro atoms. The fourth-order valence-electron chi connectivity index (χ4n) is 3.57. The van der Waals surface area contributed by atoms with Gasteiger partial charge < -0.3 is 4.74 Å². The van der Waals surface area contributed by atoms with Crippen LogP contribution < -0.4 is 0 Å². The molecule has 1 saturated heterocycles. The lowest BCUT2D eigenvalue weighted by molar-refractivity contribution is -0.0365. The van der Waals surface area contributed by atoms with Crippen LogP contribution in [0.4, 0.5) is 4.39 Å². The van der Waals surface area contributed by atoms with Gasteiger partial charge in [-0.05, 0) is 49.6 Å². The predicted octanol–water partition coefficient (Wildman–Crippen LogP) is 4.39. The van der Waals surface area contributed by atoms with Crippen LogP contribution in [0.3, 0.4) is 0 Å². The van der Waals surface area contributed by atoms with Crippen molar-refractivity contribution < 1.29 is 9.13 Å². The summed E-state index contributed by atoms with van der Waals surface area (Å²) in [6, 6.07) is 8.89. The summed E-state index contributed by atoms with van der Waals surface area (Å²) < 4.78 is 21.2. The molecule has 0 amide bonds. The normalized spacial score (nSPS) is 17.1. The molecule has 1 aliphatic rings. The van der Waals surface area contributed by atoms with Crippen molar-refractivity contribution in [3.8, 4) is 22.5 Å². The van der Waals surface area contributed by atoms with Crippen LogP contribution in [0.25, 0.3) is 33.4 Å². The summed E-state index contributed by atoms with van der Waals surface area (Å²) in [7, 11) is 0. The fraction of sp³-hybridized carbons (Fsp3) is 0.238. The van der Waals surface area contributed by atoms with Gasteiger partial charge in [-0.25, -0.2) is 9.67 Å². The van der Waals surface area contributed by atoms with Crippen LogP contribution >= 0.6 is 0 Å². The molecule has 4 aromatic rings. The minimum Gasteiger partial charge on any atom is -0.356 e. The second kappa shape index (κ2) is 7.09. The van der Waals surface area contributed by atoms with Crippen LogP contribution in [0.1, 0.15) is 25.5 Å². The van der Waals surface area contributed by atoms with Crippen LogP contribution in [-0.2, 0) is 4.74 Å². The summed E-state index contributed by atoms with van der Waals surface area (Å²) in [5.74, 6) is -0.513. The first-order chi connectivity index (χ1) is 13.8. The van der Waals surface area contributed by atoms with Gasteiger partial charge in [-0.3, -0.25) is 9.97 Å². The third-order valence-electron chi connectivity index (χ3n) is 4.98. The van der Waals surface area contributed by atoms with Gasteiger partial charge in [0.05, 0.1) is 17.4 Å². The molecule has 0 N–H and O–H groups in total. The molecule has 0 radical (unpaired) electrons. The molecule has 0 saturated carbocycles. The first-order valence-electron chi connectivity index (χ1n) is 9.32. The first-order valence-corrected chi connectivity index (χ1v) is 9.32. The molecule has 1 unspecified atom stereocenters. The van der Waals surface area contributed by atoms with Crippen molar-refractivity contribution in [3.63, 3.8) is 0 Å². The van der Waals surface area contributed by atoms with Crippen molar-refractivity contribution in [1.82, 2.24) is 24.7 Å². The highest BCUT2D eigenvalue weighted by Gasteiger charge is 2.22. The molecular weight excluding hydrogens is 357 g/mol. The highest BCUT2D eigenvalue weighted by Crippen LogP contribution is 2.34. The zero-order valence-electron chi connectivity index (χ0n) is 15.1. The molecule has 5 rings (SSSR count). The molecule has 5 heterocycles. The van der Waals surface area contributed by atoms with Gasteiger partial charge >= 0.3 is 0 Å². The lowest BCUT2D eigenvalue weighted by Crippen LogP contribution is -2.19. The SMILES string of the molecule is Fc1ccc(-c2nn(C3CCCCO3)c3cnc(-c4cccnc4)cc23)cn1. The lowest BCUT2D eigenvalue weighted by atomic mass is 10.1. The van der Waals surface area contributed by atoms with Crippen LogP contribution in [0, 0.1) is 5.95 Å². The van der Waals surface area contributed by atoms with Gasteiger partial charge in [0.15, 0.2) is 6.23 Å². The minimum absolute atomic E-state index is 0.121. The van der Waals surface area contributed by atoms with E-state index in [1.54, 1.807) is 18.5 Å². The molecule has 0 bridgehead atoms. The Morgan fingerprint density at radius 2 is 2.00 bits per heavy atom. The number of aromatic nitrogens is 5. The van der Waals surface area contributed by atoms with E-state index in [0.717, 1.165) is 59.3 Å². The summed E-state index contributed by atoms with van der Waals surface area (Å²) in [5.41, 5.74) is 4.11. The van der Waals surface area contributed by atoms with Gasteiger partial charge in [0, 0.05) is 41.7 Å². The van der Waals surface area contributed by atoms with Gasteiger partial charge in [0.25, 0.3) is 0 Å². The van der Waals surface area contributed by atoms with Gasteiger partial charge in [-0.1, -0.05) is 0 Å². The number of fused-ring (bicyclic) bond motifs is 1. The van der Waals surface area contributed by atoms with Crippen molar-refractivity contribution >= 4 is 10.9 Å². The second-order valence-corrected chi connectivity index (χ2v) is 6.81. The summed E-state index contributed by atoms with van der Waals surface area (Å²) in [6.45, 7) is 0.723. The Balaban J connectivity index is 1.70. The van der Waals surface area contributed by atoms with Gasteiger partial charge in [0.1, 0.15) is 5.69 Å². The van der Waals surface area contributed by atoms with Crippen molar-refractivity contribution in [2.75, 3.05) is 6.61 Å². The highest BCUT2D eigenvalue weighted by atomic mass is 19.1. The fourth-order valence-corrected chi connectivity index (χ4v) is 3.57. The Labute approximate surface area is 161 Å². The van der Waals surface area contributed by atoms with E-state index >= 15 is 0 Å². The Morgan fingerprint density at radius 1 is 1.04 bits per heavy atom. The quantitative estimate of drug-likeness (QED) is 0.497. The van der Waals surface area contributed by atoms with E-state index in [4.69, 9.17) is 9.84 Å². The van der Waals surface area contributed by atoms with E-state index in [0.29, 0.717) is 0 Å². The largest absolute Gasteiger partial charge is 0.356 e. The standard InChI is InChI=1S/C21H18FN5O/c22-19-7-6-15(12-25-19)21-16-10-17(14-4-3-8-23-11-14)24-13-18(16)27(26-21)20-5-1-2-9-28-20/h3-4,6-8,10-13,20H,1-2,5,9H2. The number of rotatable bonds is 3. The van der Waals surface area contributed by atoms with Crippen LogP contribution in [-0.4, -0.2) is 31.3 Å². The van der Waals surface area contributed by atoms with Gasteiger partial charge in [-0.15, -0.1) is 0 Å². The Kier molecular flexibility index (Phi) is 4.29. The molecule has 1 aliphatic heterocycles. The van der Waals surface area contributed by atoms with Crippen molar-refractivity contribution in [2.45, 2.75) is 25.5 Å². The Bertz CT molecular complexity index is 1110. The van der Waals surface area contributed by atoms with E-state index < -0.39 is 5.95 Å². The zero-order valence-corrected chi connectivity index (χ0v) is 15.1. The molecule has 4 aromatic heterocycles. The third-order valence-corrected chi connectivity index (χ3v) is 4.98. The maximum Gasteiger partial charge on any atom is 0.212 e. The van der Waals surface area contributed by atoms with E-state index in [1.807, 2.05) is 29.1 Å². The van der Waals surface area contributed by atoms with Gasteiger partial charge in [-0.2, -0.15) is 9.49 Å². The molecule has 0 aliphatic carbocycles. The summed E-state index contributed by atoms with van der Waals surface area (Å²) in [4.78, 5) is 12.6. The average molecular weight is 375 g/mol. The molecule has 140 valence electrons. The first kappa shape index (κ1) is 16.9. The maximum atomic E-state index is 13.3. The highest BCUT2D eigenvalue weighted by molar-refractivity contribution is 5.94. The number of nitrogens with zero attached hydrogens (tertiary/aromatic N) is 5. The third kappa shape index (κ3) is 3.03. The predicted molar refractivity (Wildman–Crippen MR) is 103 cm³/mol. The van der Waals surface area contributed by atoms with Crippen LogP contribution in [0.15, 0.2) is 55.1 Å². The summed E-state index contributed by atoms with van der Waals surface area (Å²) >= 11 is 0. The van der Waals surface area contributed by atoms with E-state index in [9.17, 15) is 4.39 Å². The van der Waals surface area contributed by atoms with E-state index in [2.05, 4.69) is 15.0 Å². The monoisotopic (exact) mass is 375 g/mol.